The van der Waals surface area contributed by atoms with Crippen LogP contribution in [0.4, 0.5) is 57.0 Å². The van der Waals surface area contributed by atoms with E-state index in [9.17, 15) is 39.5 Å². The first-order valence-corrected chi connectivity index (χ1v) is 19.1. The van der Waals surface area contributed by atoms with Gasteiger partial charge in [-0.15, -0.1) is 0 Å². The first-order chi connectivity index (χ1) is 22.8. The average Bonchev–Trinajstić information content (AvgIpc) is 3.37. The van der Waals surface area contributed by atoms with Gasteiger partial charge in [-0.1, -0.05) is 31.8 Å². The number of hydrogen-bond donors (Lipinski definition) is 1. The Hall–Kier alpha value is -3.99. The lowest BCUT2D eigenvalue weighted by molar-refractivity contribution is -0.138. The molecule has 0 saturated carbocycles. The van der Waals surface area contributed by atoms with Crippen molar-refractivity contribution in [1.82, 2.24) is 14.5 Å². The summed E-state index contributed by atoms with van der Waals surface area (Å²) in [6, 6.07) is 9.29. The van der Waals surface area contributed by atoms with Crippen molar-refractivity contribution in [1.29, 1.82) is 0 Å². The minimum Gasteiger partial charge on any atom is -0.380 e. The zero-order chi connectivity index (χ0) is 35.8. The van der Waals surface area contributed by atoms with Gasteiger partial charge in [-0.2, -0.15) is 39.5 Å². The molecule has 0 radical (unpaired) electrons. The lowest BCUT2D eigenvalue weighted by Crippen LogP contribution is -2.48. The molecule has 1 aliphatic heterocycles. The molecule has 0 atom stereocenters. The number of pyridine rings is 1. The summed E-state index contributed by atoms with van der Waals surface area (Å²) in [6.07, 6.45) is -12.7. The summed E-state index contributed by atoms with van der Waals surface area (Å²) in [6.45, 7) is 7.27. The van der Waals surface area contributed by atoms with Gasteiger partial charge in [0.2, 0.25) is 5.95 Å². The van der Waals surface area contributed by atoms with Crippen LogP contribution in [0.5, 0.6) is 0 Å². The van der Waals surface area contributed by atoms with E-state index in [1.807, 2.05) is 0 Å². The number of fused-ring (bicyclic) bond motifs is 1. The summed E-state index contributed by atoms with van der Waals surface area (Å²) in [5.74, 6) is 0.101. The number of piperazine rings is 1. The minimum absolute atomic E-state index is 0.107. The van der Waals surface area contributed by atoms with Gasteiger partial charge in [-0.25, -0.2) is 9.97 Å². The van der Waals surface area contributed by atoms with Gasteiger partial charge in [0.1, 0.15) is 12.5 Å². The zero-order valence-corrected chi connectivity index (χ0v) is 27.9. The Balaban J connectivity index is 1.45. The molecule has 1 aliphatic rings. The molecule has 0 spiro atoms. The highest BCUT2D eigenvalue weighted by Crippen LogP contribution is 2.40. The Morgan fingerprint density at radius 2 is 1.43 bits per heavy atom. The molecule has 0 bridgehead atoms. The van der Waals surface area contributed by atoms with E-state index in [0.29, 0.717) is 18.1 Å². The van der Waals surface area contributed by atoms with E-state index in [1.54, 1.807) is 4.90 Å². The first-order valence-electron chi connectivity index (χ1n) is 15.4. The second-order valence-electron chi connectivity index (χ2n) is 13.0. The smallest absolute Gasteiger partial charge is 0.380 e. The number of benzene rings is 2. The van der Waals surface area contributed by atoms with Crippen molar-refractivity contribution in [3.8, 4) is 0 Å². The number of alkyl halides is 9. The van der Waals surface area contributed by atoms with Gasteiger partial charge in [0.05, 0.1) is 27.7 Å². The standard InChI is InChI=1S/C32H35F9N6OSi/c1-49(2,3)16-15-48-20-47-27-17-24(32(39,40)41)25(43-19-21-6-8-22(9-7-21)30(33,34)35)18-26(27)44-29(47)46-13-11-45(12-14-46)28-23(31(36,37)38)5-4-10-42-28/h4-10,17-18,43H,11-16,19-20H2,1-3H3. The monoisotopic (exact) mass is 718 g/mol. The third kappa shape index (κ3) is 8.79. The maximum Gasteiger partial charge on any atom is 0.419 e. The maximum absolute atomic E-state index is 14.4. The van der Waals surface area contributed by atoms with Gasteiger partial charge in [-0.3, -0.25) is 4.57 Å². The van der Waals surface area contributed by atoms with Crippen molar-refractivity contribution >= 4 is 36.6 Å². The van der Waals surface area contributed by atoms with E-state index in [-0.39, 0.29) is 62.0 Å². The van der Waals surface area contributed by atoms with Crippen LogP contribution in [0.2, 0.25) is 25.7 Å². The highest BCUT2D eigenvalue weighted by Gasteiger charge is 2.38. The van der Waals surface area contributed by atoms with Gasteiger partial charge in [0.15, 0.2) is 0 Å². The summed E-state index contributed by atoms with van der Waals surface area (Å²) in [5, 5.41) is 2.71. The molecule has 1 saturated heterocycles. The third-order valence-corrected chi connectivity index (χ3v) is 9.81. The number of rotatable bonds is 10. The van der Waals surface area contributed by atoms with Gasteiger partial charge < -0.3 is 19.9 Å². The van der Waals surface area contributed by atoms with Crippen molar-refractivity contribution in [2.75, 3.05) is 47.9 Å². The molecular weight excluding hydrogens is 683 g/mol. The second-order valence-corrected chi connectivity index (χ2v) is 18.6. The highest BCUT2D eigenvalue weighted by atomic mass is 28.3. The predicted molar refractivity (Wildman–Crippen MR) is 171 cm³/mol. The Morgan fingerprint density at radius 3 is 2.02 bits per heavy atom. The van der Waals surface area contributed by atoms with Crippen LogP contribution in [0.25, 0.3) is 11.0 Å². The molecule has 4 aromatic rings. The van der Waals surface area contributed by atoms with Crippen LogP contribution in [-0.2, 0) is 36.5 Å². The molecule has 1 N–H and O–H groups in total. The zero-order valence-electron chi connectivity index (χ0n) is 26.9. The predicted octanol–water partition coefficient (Wildman–Crippen LogP) is 8.74. The third-order valence-electron chi connectivity index (χ3n) is 8.11. The van der Waals surface area contributed by atoms with Crippen molar-refractivity contribution in [2.45, 2.75) is 57.5 Å². The number of halogens is 9. The Bertz CT molecular complexity index is 1740. The van der Waals surface area contributed by atoms with Crippen LogP contribution in [0.15, 0.2) is 54.7 Å². The second kappa shape index (κ2) is 13.7. The molecule has 49 heavy (non-hydrogen) atoms. The summed E-state index contributed by atoms with van der Waals surface area (Å²) >= 11 is 0. The molecule has 7 nitrogen and oxygen atoms in total. The number of hydrogen-bond acceptors (Lipinski definition) is 6. The van der Waals surface area contributed by atoms with E-state index in [1.165, 1.54) is 39.9 Å². The Kier molecular flexibility index (Phi) is 10.2. The van der Waals surface area contributed by atoms with E-state index in [4.69, 9.17) is 4.74 Å². The lowest BCUT2D eigenvalue weighted by Gasteiger charge is -2.37. The molecule has 3 heterocycles. The number of ether oxygens (including phenoxy) is 1. The van der Waals surface area contributed by atoms with E-state index >= 15 is 0 Å². The SMILES string of the molecule is C[Si](C)(C)CCOCn1c(N2CCN(c3ncccc3C(F)(F)F)CC2)nc2cc(NCc3ccc(C(F)(F)F)cc3)c(C(F)(F)F)cc21. The number of aromatic nitrogens is 3. The molecular formula is C32H35F9N6OSi. The number of nitrogens with zero attached hydrogens (tertiary/aromatic N) is 5. The van der Waals surface area contributed by atoms with Crippen LogP contribution < -0.4 is 15.1 Å². The van der Waals surface area contributed by atoms with Gasteiger partial charge >= 0.3 is 18.5 Å². The summed E-state index contributed by atoms with van der Waals surface area (Å²) < 4.78 is 131. The number of nitrogens with one attached hydrogen (secondary N) is 1. The Morgan fingerprint density at radius 1 is 0.796 bits per heavy atom. The van der Waals surface area contributed by atoms with Crippen LogP contribution in [0.3, 0.4) is 0 Å². The number of imidazole rings is 1. The summed E-state index contributed by atoms with van der Waals surface area (Å²) in [4.78, 5) is 11.9. The maximum atomic E-state index is 14.4. The Labute approximate surface area is 277 Å². The fourth-order valence-corrected chi connectivity index (χ4v) is 6.20. The molecule has 266 valence electrons. The van der Waals surface area contributed by atoms with Crippen molar-refractivity contribution < 1.29 is 44.3 Å². The van der Waals surface area contributed by atoms with Gasteiger partial charge in [0, 0.05) is 59.3 Å². The number of anilines is 3. The largest absolute Gasteiger partial charge is 0.419 e. The lowest BCUT2D eigenvalue weighted by atomic mass is 10.1. The quantitative estimate of drug-likeness (QED) is 0.101. The van der Waals surface area contributed by atoms with Gasteiger partial charge in [-0.05, 0) is 48.0 Å². The molecule has 2 aromatic carbocycles. The van der Waals surface area contributed by atoms with Crippen LogP contribution in [0, 0.1) is 0 Å². The molecule has 17 heteroatoms. The average molecular weight is 719 g/mol. The normalized spacial score (nSPS) is 14.9. The molecule has 2 aromatic heterocycles. The van der Waals surface area contributed by atoms with Crippen LogP contribution in [0.1, 0.15) is 22.3 Å². The fourth-order valence-electron chi connectivity index (χ4n) is 5.44. The molecule has 5 rings (SSSR count). The fraction of sp³-hybridized carbons (Fsp3) is 0.438. The minimum atomic E-state index is -4.80. The molecule has 0 amide bonds. The molecule has 0 unspecified atom stereocenters. The highest BCUT2D eigenvalue weighted by molar-refractivity contribution is 6.76. The molecule has 1 fully saturated rings. The van der Waals surface area contributed by atoms with Crippen molar-refractivity contribution in [3.05, 3.63) is 77.0 Å². The van der Waals surface area contributed by atoms with E-state index in [2.05, 4.69) is 34.9 Å². The van der Waals surface area contributed by atoms with E-state index in [0.717, 1.165) is 30.3 Å². The summed E-state index contributed by atoms with van der Waals surface area (Å²) in [7, 11) is -1.49. The van der Waals surface area contributed by atoms with Crippen molar-refractivity contribution in [3.63, 3.8) is 0 Å². The summed E-state index contributed by atoms with van der Waals surface area (Å²) in [5.41, 5.74) is -2.36. The van der Waals surface area contributed by atoms with Crippen LogP contribution >= 0.6 is 0 Å². The van der Waals surface area contributed by atoms with Gasteiger partial charge in [0.25, 0.3) is 0 Å². The van der Waals surface area contributed by atoms with E-state index < -0.39 is 43.3 Å². The van der Waals surface area contributed by atoms with Crippen LogP contribution in [-0.4, -0.2) is 55.4 Å². The first kappa shape index (κ1) is 36.3. The topological polar surface area (TPSA) is 58.5 Å². The van der Waals surface area contributed by atoms with Crippen molar-refractivity contribution in [2.24, 2.45) is 0 Å². The molecule has 0 aliphatic carbocycles.